The summed E-state index contributed by atoms with van der Waals surface area (Å²) in [6.45, 7) is 1.14. The van der Waals surface area contributed by atoms with Crippen LogP contribution in [-0.2, 0) is 13.6 Å². The number of nitrogens with zero attached hydrogens (tertiary/aromatic N) is 3. The van der Waals surface area contributed by atoms with Gasteiger partial charge < -0.3 is 10.4 Å². The molecule has 8 heteroatoms. The van der Waals surface area contributed by atoms with Crippen LogP contribution in [0.1, 0.15) is 12.0 Å². The number of rotatable bonds is 6. The van der Waals surface area contributed by atoms with Crippen molar-refractivity contribution in [2.24, 2.45) is 7.05 Å². The SMILES string of the molecule is Cn1cc(CNCC2(O)CCSC2)c(-c2ccc([N+](=O)[O-])cc2)n1. The van der Waals surface area contributed by atoms with E-state index in [1.165, 1.54) is 12.1 Å². The van der Waals surface area contributed by atoms with E-state index in [-0.39, 0.29) is 5.69 Å². The zero-order valence-corrected chi connectivity index (χ0v) is 14.3. The third kappa shape index (κ3) is 3.77. The lowest BCUT2D eigenvalue weighted by molar-refractivity contribution is -0.384. The molecule has 1 aliphatic rings. The number of aromatic nitrogens is 2. The molecule has 1 aromatic carbocycles. The van der Waals surface area contributed by atoms with E-state index in [0.29, 0.717) is 13.1 Å². The number of thioether (sulfide) groups is 1. The number of benzene rings is 1. The summed E-state index contributed by atoms with van der Waals surface area (Å²) in [5.41, 5.74) is 2.08. The lowest BCUT2D eigenvalue weighted by Crippen LogP contribution is -2.40. The van der Waals surface area contributed by atoms with Gasteiger partial charge in [-0.25, -0.2) is 0 Å². The molecule has 3 rings (SSSR count). The number of hydrogen-bond acceptors (Lipinski definition) is 6. The van der Waals surface area contributed by atoms with Crippen LogP contribution in [0.4, 0.5) is 5.69 Å². The molecule has 1 saturated heterocycles. The average Bonchev–Trinajstić information content (AvgIpc) is 3.14. The molecule has 2 N–H and O–H groups in total. The lowest BCUT2D eigenvalue weighted by Gasteiger charge is -2.21. The van der Waals surface area contributed by atoms with Crippen molar-refractivity contribution in [3.8, 4) is 11.3 Å². The van der Waals surface area contributed by atoms with E-state index in [1.54, 1.807) is 28.6 Å². The Balaban J connectivity index is 1.71. The van der Waals surface area contributed by atoms with E-state index in [1.807, 2.05) is 13.2 Å². The molecular formula is C16H20N4O3S. The molecule has 2 heterocycles. The van der Waals surface area contributed by atoms with Crippen molar-refractivity contribution >= 4 is 17.4 Å². The molecule has 1 aromatic heterocycles. The van der Waals surface area contributed by atoms with Crippen LogP contribution in [0, 0.1) is 10.1 Å². The van der Waals surface area contributed by atoms with Gasteiger partial charge in [-0.3, -0.25) is 14.8 Å². The van der Waals surface area contributed by atoms with Gasteiger partial charge in [0.2, 0.25) is 0 Å². The summed E-state index contributed by atoms with van der Waals surface area (Å²) in [6, 6.07) is 6.40. The lowest BCUT2D eigenvalue weighted by atomic mass is 10.0. The number of hydrogen-bond donors (Lipinski definition) is 2. The van der Waals surface area contributed by atoms with Gasteiger partial charge in [0.05, 0.1) is 16.2 Å². The zero-order chi connectivity index (χ0) is 17.2. The highest BCUT2D eigenvalue weighted by Crippen LogP contribution is 2.28. The molecule has 0 bridgehead atoms. The molecule has 1 fully saturated rings. The van der Waals surface area contributed by atoms with Gasteiger partial charge >= 0.3 is 0 Å². The van der Waals surface area contributed by atoms with Crippen molar-refractivity contribution in [2.45, 2.75) is 18.6 Å². The summed E-state index contributed by atoms with van der Waals surface area (Å²) < 4.78 is 1.73. The Morgan fingerprint density at radius 1 is 1.46 bits per heavy atom. The van der Waals surface area contributed by atoms with Gasteiger partial charge in [-0.15, -0.1) is 0 Å². The van der Waals surface area contributed by atoms with Crippen molar-refractivity contribution < 1.29 is 10.0 Å². The smallest absolute Gasteiger partial charge is 0.269 e. The monoisotopic (exact) mass is 348 g/mol. The minimum absolute atomic E-state index is 0.0651. The Morgan fingerprint density at radius 3 is 2.83 bits per heavy atom. The van der Waals surface area contributed by atoms with Gasteiger partial charge in [0.1, 0.15) is 0 Å². The predicted molar refractivity (Wildman–Crippen MR) is 93.9 cm³/mol. The molecule has 0 amide bonds. The fourth-order valence-electron chi connectivity index (χ4n) is 2.82. The molecule has 1 atom stereocenters. The van der Waals surface area contributed by atoms with Crippen molar-refractivity contribution in [3.63, 3.8) is 0 Å². The maximum absolute atomic E-state index is 10.8. The first-order chi connectivity index (χ1) is 11.5. The maximum Gasteiger partial charge on any atom is 0.269 e. The molecule has 128 valence electrons. The summed E-state index contributed by atoms with van der Waals surface area (Å²) in [5, 5.41) is 28.9. The summed E-state index contributed by atoms with van der Waals surface area (Å²) >= 11 is 1.77. The van der Waals surface area contributed by atoms with E-state index in [0.717, 1.165) is 34.7 Å². The maximum atomic E-state index is 10.8. The van der Waals surface area contributed by atoms with E-state index in [4.69, 9.17) is 0 Å². The second-order valence-electron chi connectivity index (χ2n) is 6.11. The van der Waals surface area contributed by atoms with E-state index >= 15 is 0 Å². The Hall–Kier alpha value is -1.90. The van der Waals surface area contributed by atoms with E-state index in [2.05, 4.69) is 10.4 Å². The molecule has 1 aliphatic heterocycles. The van der Waals surface area contributed by atoms with Crippen LogP contribution in [0.5, 0.6) is 0 Å². The number of nitro benzene ring substituents is 1. The minimum Gasteiger partial charge on any atom is -0.388 e. The zero-order valence-electron chi connectivity index (χ0n) is 13.4. The van der Waals surface area contributed by atoms with Crippen molar-refractivity contribution in [1.82, 2.24) is 15.1 Å². The molecular weight excluding hydrogens is 328 g/mol. The second kappa shape index (κ2) is 6.92. The Morgan fingerprint density at radius 2 is 2.21 bits per heavy atom. The highest BCUT2D eigenvalue weighted by Gasteiger charge is 2.31. The standard InChI is InChI=1S/C16H20N4O3S/c1-19-9-13(8-17-10-16(21)6-7-24-11-16)15(18-19)12-2-4-14(5-3-12)20(22)23/h2-5,9,17,21H,6-8,10-11H2,1H3. The number of non-ortho nitro benzene ring substituents is 1. The van der Waals surface area contributed by atoms with Gasteiger partial charge in [-0.1, -0.05) is 0 Å². The molecule has 0 radical (unpaired) electrons. The fourth-order valence-corrected chi connectivity index (χ4v) is 4.11. The summed E-state index contributed by atoms with van der Waals surface area (Å²) in [6.07, 6.45) is 2.74. The van der Waals surface area contributed by atoms with Crippen LogP contribution in [0.15, 0.2) is 30.5 Å². The fraction of sp³-hybridized carbons (Fsp3) is 0.438. The van der Waals surface area contributed by atoms with Crippen LogP contribution in [0.25, 0.3) is 11.3 Å². The number of nitro groups is 1. The number of nitrogens with one attached hydrogen (secondary N) is 1. The largest absolute Gasteiger partial charge is 0.388 e. The van der Waals surface area contributed by atoms with Gasteiger partial charge in [0.15, 0.2) is 0 Å². The van der Waals surface area contributed by atoms with Gasteiger partial charge in [-0.05, 0) is 24.3 Å². The molecule has 7 nitrogen and oxygen atoms in total. The highest BCUT2D eigenvalue weighted by molar-refractivity contribution is 7.99. The van der Waals surface area contributed by atoms with Crippen molar-refractivity contribution in [3.05, 3.63) is 46.1 Å². The number of aliphatic hydroxyl groups is 1. The van der Waals surface area contributed by atoms with Gasteiger partial charge in [0, 0.05) is 55.3 Å². The van der Waals surface area contributed by atoms with Crippen LogP contribution in [0.3, 0.4) is 0 Å². The first-order valence-electron chi connectivity index (χ1n) is 7.75. The summed E-state index contributed by atoms with van der Waals surface area (Å²) in [4.78, 5) is 10.4. The van der Waals surface area contributed by atoms with Crippen LogP contribution < -0.4 is 5.32 Å². The quantitative estimate of drug-likeness (QED) is 0.612. The predicted octanol–water partition coefficient (Wildman–Crippen LogP) is 1.95. The summed E-state index contributed by atoms with van der Waals surface area (Å²) in [7, 11) is 1.85. The molecule has 1 unspecified atom stereocenters. The van der Waals surface area contributed by atoms with Crippen LogP contribution in [-0.4, -0.2) is 43.5 Å². The molecule has 2 aromatic rings. The van der Waals surface area contributed by atoms with Gasteiger partial charge in [0.25, 0.3) is 5.69 Å². The van der Waals surface area contributed by atoms with E-state index in [9.17, 15) is 15.2 Å². The second-order valence-corrected chi connectivity index (χ2v) is 7.22. The molecule has 24 heavy (non-hydrogen) atoms. The normalized spacial score (nSPS) is 20.4. The number of aryl methyl sites for hydroxylation is 1. The summed E-state index contributed by atoms with van der Waals surface area (Å²) in [5.74, 6) is 1.77. The molecule has 0 spiro atoms. The average molecular weight is 348 g/mol. The van der Waals surface area contributed by atoms with Gasteiger partial charge in [-0.2, -0.15) is 16.9 Å². The van der Waals surface area contributed by atoms with Crippen LogP contribution >= 0.6 is 11.8 Å². The third-order valence-corrected chi connectivity index (χ3v) is 5.34. The van der Waals surface area contributed by atoms with E-state index < -0.39 is 10.5 Å². The van der Waals surface area contributed by atoms with Crippen molar-refractivity contribution in [2.75, 3.05) is 18.1 Å². The minimum atomic E-state index is -0.625. The third-order valence-electron chi connectivity index (χ3n) is 4.11. The Labute approximate surface area is 144 Å². The van der Waals surface area contributed by atoms with Crippen molar-refractivity contribution in [1.29, 1.82) is 0 Å². The van der Waals surface area contributed by atoms with Crippen LogP contribution in [0.2, 0.25) is 0 Å². The topological polar surface area (TPSA) is 93.2 Å². The molecule has 0 saturated carbocycles. The first-order valence-corrected chi connectivity index (χ1v) is 8.90. The molecule has 0 aliphatic carbocycles. The first kappa shape index (κ1) is 16.9. The Kier molecular flexibility index (Phi) is 4.88. The Bertz CT molecular complexity index is 723. The highest BCUT2D eigenvalue weighted by atomic mass is 32.2.